The van der Waals surface area contributed by atoms with Crippen LogP contribution in [0, 0.1) is 11.8 Å². The van der Waals surface area contributed by atoms with Gasteiger partial charge in [0, 0.05) is 5.57 Å². The Morgan fingerprint density at radius 3 is 2.33 bits per heavy atom. The summed E-state index contributed by atoms with van der Waals surface area (Å²) in [6.45, 7) is 11.4. The Morgan fingerprint density at radius 1 is 1.44 bits per heavy atom. The van der Waals surface area contributed by atoms with Gasteiger partial charge in [-0.05, 0) is 18.9 Å². The lowest BCUT2D eigenvalue weighted by Gasteiger charge is -1.95. The van der Waals surface area contributed by atoms with E-state index in [9.17, 15) is 0 Å². The first kappa shape index (κ1) is 8.04. The van der Waals surface area contributed by atoms with Crippen LogP contribution in [-0.2, 0) is 0 Å². The van der Waals surface area contributed by atoms with E-state index in [1.54, 1.807) is 6.92 Å². The minimum absolute atomic E-state index is 0.861. The fourth-order valence-electron chi connectivity index (χ4n) is 0.453. The maximum absolute atomic E-state index is 3.79. The van der Waals surface area contributed by atoms with Gasteiger partial charge in [0.25, 0.3) is 0 Å². The predicted octanol–water partition coefficient (Wildman–Crippen LogP) is 2.53. The van der Waals surface area contributed by atoms with Crippen molar-refractivity contribution >= 4 is 0 Å². The second kappa shape index (κ2) is 3.97. The summed E-state index contributed by atoms with van der Waals surface area (Å²) in [7, 11) is 0. The molecule has 0 aliphatic heterocycles. The molecule has 0 aromatic heterocycles. The maximum atomic E-state index is 3.79. The molecule has 0 aliphatic carbocycles. The topological polar surface area (TPSA) is 0 Å². The zero-order valence-electron chi connectivity index (χ0n) is 6.12. The van der Waals surface area contributed by atoms with Crippen LogP contribution in [0.5, 0.6) is 0 Å². The van der Waals surface area contributed by atoms with Crippen LogP contribution in [0.25, 0.3) is 0 Å². The molecule has 9 heavy (non-hydrogen) atoms. The van der Waals surface area contributed by atoms with Crippen LogP contribution < -0.4 is 0 Å². The molecule has 0 saturated heterocycles. The highest BCUT2D eigenvalue weighted by molar-refractivity contribution is 5.41. The molecule has 0 spiro atoms. The van der Waals surface area contributed by atoms with Crippen molar-refractivity contribution in [2.45, 2.75) is 20.3 Å². The van der Waals surface area contributed by atoms with Crippen molar-refractivity contribution in [3.05, 3.63) is 24.3 Å². The summed E-state index contributed by atoms with van der Waals surface area (Å²) in [6.07, 6.45) is 0.938. The van der Waals surface area contributed by atoms with Crippen LogP contribution in [0.1, 0.15) is 20.3 Å². The molecule has 0 radical (unpaired) electrons. The molecule has 0 N–H and O–H groups in total. The van der Waals surface area contributed by atoms with Gasteiger partial charge < -0.3 is 0 Å². The fourth-order valence-corrected chi connectivity index (χ4v) is 0.453. The highest BCUT2D eigenvalue weighted by atomic mass is 13.9. The van der Waals surface area contributed by atoms with E-state index in [1.165, 1.54) is 0 Å². The molecule has 0 nitrogen and oxygen atoms in total. The molecule has 0 heteroatoms. The number of allylic oxidation sites excluding steroid dienone is 2. The maximum Gasteiger partial charge on any atom is 0.0199 e. The molecule has 0 atom stereocenters. The monoisotopic (exact) mass is 120 g/mol. The van der Waals surface area contributed by atoms with Crippen LogP contribution in [0.15, 0.2) is 24.3 Å². The SMILES string of the molecule is C=C(C#CC)C(=C)CC. The van der Waals surface area contributed by atoms with E-state index >= 15 is 0 Å². The van der Waals surface area contributed by atoms with Crippen molar-refractivity contribution in [1.82, 2.24) is 0 Å². The molecule has 0 fully saturated rings. The molecular formula is C9H12. The summed E-state index contributed by atoms with van der Waals surface area (Å²) in [5.74, 6) is 5.62. The largest absolute Gasteiger partial charge is 0.101 e. The minimum Gasteiger partial charge on any atom is -0.101 e. The van der Waals surface area contributed by atoms with Gasteiger partial charge in [0.2, 0.25) is 0 Å². The van der Waals surface area contributed by atoms with Crippen LogP contribution >= 0.6 is 0 Å². The summed E-state index contributed by atoms with van der Waals surface area (Å²) in [5.41, 5.74) is 1.89. The standard InChI is InChI=1S/C9H12/c1-5-7-9(4)8(3)6-2/h3-4,6H2,1-2H3. The Morgan fingerprint density at radius 2 is 2.00 bits per heavy atom. The van der Waals surface area contributed by atoms with E-state index in [4.69, 9.17) is 0 Å². The first-order valence-corrected chi connectivity index (χ1v) is 3.02. The third kappa shape index (κ3) is 2.77. The number of hydrogen-bond acceptors (Lipinski definition) is 0. The molecule has 0 heterocycles. The van der Waals surface area contributed by atoms with E-state index in [2.05, 4.69) is 25.0 Å². The normalized spacial score (nSPS) is 7.33. The average molecular weight is 120 g/mol. The summed E-state index contributed by atoms with van der Waals surface area (Å²) in [4.78, 5) is 0. The van der Waals surface area contributed by atoms with Crippen LogP contribution in [0.2, 0.25) is 0 Å². The Labute approximate surface area is 57.3 Å². The lowest BCUT2D eigenvalue weighted by molar-refractivity contribution is 1.14. The Hall–Kier alpha value is -0.960. The van der Waals surface area contributed by atoms with E-state index in [0.29, 0.717) is 0 Å². The van der Waals surface area contributed by atoms with E-state index in [-0.39, 0.29) is 0 Å². The third-order valence-electron chi connectivity index (χ3n) is 1.13. The number of rotatable bonds is 2. The zero-order valence-corrected chi connectivity index (χ0v) is 6.12. The van der Waals surface area contributed by atoms with E-state index < -0.39 is 0 Å². The first-order chi connectivity index (χ1) is 4.22. The molecule has 0 saturated carbocycles. The van der Waals surface area contributed by atoms with Crippen molar-refractivity contribution < 1.29 is 0 Å². The zero-order chi connectivity index (χ0) is 7.28. The summed E-state index contributed by atoms with van der Waals surface area (Å²) >= 11 is 0. The van der Waals surface area contributed by atoms with Gasteiger partial charge in [0.1, 0.15) is 0 Å². The highest BCUT2D eigenvalue weighted by Crippen LogP contribution is 2.06. The predicted molar refractivity (Wildman–Crippen MR) is 42.0 cm³/mol. The van der Waals surface area contributed by atoms with Gasteiger partial charge in [-0.2, -0.15) is 0 Å². The van der Waals surface area contributed by atoms with Gasteiger partial charge >= 0.3 is 0 Å². The molecular weight excluding hydrogens is 108 g/mol. The van der Waals surface area contributed by atoms with Crippen LogP contribution in [0.4, 0.5) is 0 Å². The lowest BCUT2D eigenvalue weighted by Crippen LogP contribution is -1.78. The van der Waals surface area contributed by atoms with Crippen molar-refractivity contribution in [3.8, 4) is 11.8 Å². The molecule has 0 bridgehead atoms. The minimum atomic E-state index is 0.861. The van der Waals surface area contributed by atoms with Gasteiger partial charge in [-0.25, -0.2) is 0 Å². The van der Waals surface area contributed by atoms with Gasteiger partial charge in [-0.15, -0.1) is 5.92 Å². The van der Waals surface area contributed by atoms with Crippen LogP contribution in [0.3, 0.4) is 0 Å². The van der Waals surface area contributed by atoms with Gasteiger partial charge in [-0.1, -0.05) is 26.0 Å². The second-order valence-electron chi connectivity index (χ2n) is 1.81. The van der Waals surface area contributed by atoms with Gasteiger partial charge in [-0.3, -0.25) is 0 Å². The van der Waals surface area contributed by atoms with E-state index in [0.717, 1.165) is 17.6 Å². The second-order valence-corrected chi connectivity index (χ2v) is 1.81. The molecule has 48 valence electrons. The molecule has 0 aromatic rings. The van der Waals surface area contributed by atoms with E-state index in [1.807, 2.05) is 6.92 Å². The molecule has 0 unspecified atom stereocenters. The van der Waals surface area contributed by atoms with Crippen LogP contribution in [-0.4, -0.2) is 0 Å². The smallest absolute Gasteiger partial charge is 0.0199 e. The lowest BCUT2D eigenvalue weighted by atomic mass is 10.1. The Kier molecular flexibility index (Phi) is 3.55. The fraction of sp³-hybridized carbons (Fsp3) is 0.333. The Balaban J connectivity index is 4.00. The first-order valence-electron chi connectivity index (χ1n) is 3.02. The molecule has 0 amide bonds. The van der Waals surface area contributed by atoms with Crippen molar-refractivity contribution in [2.75, 3.05) is 0 Å². The van der Waals surface area contributed by atoms with Crippen molar-refractivity contribution in [3.63, 3.8) is 0 Å². The quantitative estimate of drug-likeness (QED) is 0.388. The Bertz CT molecular complexity index is 174. The highest BCUT2D eigenvalue weighted by Gasteiger charge is 1.89. The van der Waals surface area contributed by atoms with Gasteiger partial charge in [0.15, 0.2) is 0 Å². The summed E-state index contributed by atoms with van der Waals surface area (Å²) in [6, 6.07) is 0. The van der Waals surface area contributed by atoms with Crippen molar-refractivity contribution in [2.24, 2.45) is 0 Å². The number of hydrogen-bond donors (Lipinski definition) is 0. The third-order valence-corrected chi connectivity index (χ3v) is 1.13. The van der Waals surface area contributed by atoms with Gasteiger partial charge in [0.05, 0.1) is 0 Å². The summed E-state index contributed by atoms with van der Waals surface area (Å²) < 4.78 is 0. The molecule has 0 aliphatic rings. The average Bonchev–Trinajstić information content (AvgIpc) is 1.87. The molecule has 0 aromatic carbocycles. The van der Waals surface area contributed by atoms with Crippen molar-refractivity contribution in [1.29, 1.82) is 0 Å². The summed E-state index contributed by atoms with van der Waals surface area (Å²) in [5, 5.41) is 0. The molecule has 0 rings (SSSR count).